The predicted octanol–water partition coefficient (Wildman–Crippen LogP) is 2.38. The third kappa shape index (κ3) is 2.75. The highest BCUT2D eigenvalue weighted by molar-refractivity contribution is 5.98. The molecule has 1 saturated heterocycles. The van der Waals surface area contributed by atoms with Gasteiger partial charge in [-0.05, 0) is 25.0 Å². The number of carbonyl (C=O) groups excluding carboxylic acids is 1. The summed E-state index contributed by atoms with van der Waals surface area (Å²) in [5.74, 6) is -0.203. The molecule has 1 aliphatic rings. The Balaban J connectivity index is 2.16. The van der Waals surface area contributed by atoms with Gasteiger partial charge in [0.1, 0.15) is 0 Å². The van der Waals surface area contributed by atoms with Crippen LogP contribution in [0.5, 0.6) is 5.75 Å². The van der Waals surface area contributed by atoms with Gasteiger partial charge in [-0.2, -0.15) is 0 Å². The minimum atomic E-state index is -0.110. The van der Waals surface area contributed by atoms with Crippen molar-refractivity contribution in [2.45, 2.75) is 32.1 Å². The summed E-state index contributed by atoms with van der Waals surface area (Å²) in [4.78, 5) is 14.2. The van der Waals surface area contributed by atoms with Gasteiger partial charge in [-0.3, -0.25) is 4.79 Å². The molecule has 0 aromatic heterocycles. The van der Waals surface area contributed by atoms with Crippen molar-refractivity contribution in [2.75, 3.05) is 18.8 Å². The van der Waals surface area contributed by atoms with E-state index >= 15 is 0 Å². The number of hydrogen-bond donors (Lipinski definition) is 2. The average molecular weight is 248 g/mol. The molecule has 1 amide bonds. The molecule has 4 nitrogen and oxygen atoms in total. The Hall–Kier alpha value is -1.71. The third-order valence-corrected chi connectivity index (χ3v) is 3.44. The second-order valence-corrected chi connectivity index (χ2v) is 4.80. The number of likely N-dealkylation sites (tertiary alicyclic amines) is 1. The largest absolute Gasteiger partial charge is 0.505 e. The van der Waals surface area contributed by atoms with Gasteiger partial charge in [0.2, 0.25) is 0 Å². The Labute approximate surface area is 107 Å². The number of phenolic OH excluding ortho intramolecular Hbond substituents is 1. The van der Waals surface area contributed by atoms with Crippen LogP contribution in [-0.4, -0.2) is 29.0 Å². The van der Waals surface area contributed by atoms with Crippen molar-refractivity contribution in [2.24, 2.45) is 0 Å². The second-order valence-electron chi connectivity index (χ2n) is 4.80. The first-order valence-electron chi connectivity index (χ1n) is 6.57. The fourth-order valence-corrected chi connectivity index (χ4v) is 2.35. The van der Waals surface area contributed by atoms with E-state index in [9.17, 15) is 9.90 Å². The van der Waals surface area contributed by atoms with Crippen LogP contribution in [0.1, 0.15) is 42.5 Å². The molecule has 0 bridgehead atoms. The van der Waals surface area contributed by atoms with Gasteiger partial charge in [0.25, 0.3) is 5.91 Å². The fraction of sp³-hybridized carbons (Fsp3) is 0.500. The quantitative estimate of drug-likeness (QED) is 0.592. The summed E-state index contributed by atoms with van der Waals surface area (Å²) in [6.07, 6.45) is 5.68. The summed E-state index contributed by atoms with van der Waals surface area (Å²) < 4.78 is 0. The number of nitrogens with zero attached hydrogens (tertiary/aromatic N) is 1. The molecule has 0 aliphatic carbocycles. The minimum Gasteiger partial charge on any atom is -0.505 e. The molecule has 1 fully saturated rings. The van der Waals surface area contributed by atoms with Crippen LogP contribution < -0.4 is 5.73 Å². The van der Waals surface area contributed by atoms with Crippen molar-refractivity contribution < 1.29 is 9.90 Å². The number of aromatic hydroxyl groups is 1. The molecular weight excluding hydrogens is 228 g/mol. The van der Waals surface area contributed by atoms with Crippen LogP contribution >= 0.6 is 0 Å². The summed E-state index contributed by atoms with van der Waals surface area (Å²) in [5.41, 5.74) is 6.20. The molecule has 3 N–H and O–H groups in total. The van der Waals surface area contributed by atoms with Gasteiger partial charge < -0.3 is 15.7 Å². The highest BCUT2D eigenvalue weighted by Gasteiger charge is 2.20. The van der Waals surface area contributed by atoms with Crippen LogP contribution in [0.15, 0.2) is 18.2 Å². The summed E-state index contributed by atoms with van der Waals surface area (Å²) in [7, 11) is 0. The number of benzene rings is 1. The van der Waals surface area contributed by atoms with Gasteiger partial charge in [-0.15, -0.1) is 0 Å². The fourth-order valence-electron chi connectivity index (χ4n) is 2.35. The van der Waals surface area contributed by atoms with E-state index in [4.69, 9.17) is 5.73 Å². The number of nitrogens with two attached hydrogens (primary N) is 1. The number of rotatable bonds is 1. The first-order valence-corrected chi connectivity index (χ1v) is 6.57. The Morgan fingerprint density at radius 1 is 1.11 bits per heavy atom. The zero-order chi connectivity index (χ0) is 13.0. The van der Waals surface area contributed by atoms with Crippen LogP contribution in [0.3, 0.4) is 0 Å². The zero-order valence-corrected chi connectivity index (χ0v) is 10.6. The van der Waals surface area contributed by atoms with Gasteiger partial charge in [-0.1, -0.05) is 25.3 Å². The van der Waals surface area contributed by atoms with E-state index < -0.39 is 0 Å². The Bertz CT molecular complexity index is 424. The van der Waals surface area contributed by atoms with Crippen molar-refractivity contribution in [1.82, 2.24) is 4.90 Å². The molecule has 0 saturated carbocycles. The van der Waals surface area contributed by atoms with Gasteiger partial charge >= 0.3 is 0 Å². The number of anilines is 1. The van der Waals surface area contributed by atoms with Crippen molar-refractivity contribution in [3.05, 3.63) is 23.8 Å². The SMILES string of the molecule is Nc1cccc(C(=O)N2CCCCCCC2)c1O. The van der Waals surface area contributed by atoms with Crippen LogP contribution in [-0.2, 0) is 0 Å². The molecule has 4 heteroatoms. The van der Waals surface area contributed by atoms with E-state index in [0.717, 1.165) is 25.9 Å². The molecule has 18 heavy (non-hydrogen) atoms. The average Bonchev–Trinajstić information content (AvgIpc) is 2.31. The van der Waals surface area contributed by atoms with Gasteiger partial charge in [0.15, 0.2) is 5.75 Å². The number of carbonyl (C=O) groups is 1. The van der Waals surface area contributed by atoms with E-state index in [-0.39, 0.29) is 17.3 Å². The first kappa shape index (κ1) is 12.7. The zero-order valence-electron chi connectivity index (χ0n) is 10.6. The molecule has 1 aromatic carbocycles. The molecule has 0 atom stereocenters. The molecule has 98 valence electrons. The summed E-state index contributed by atoms with van der Waals surface area (Å²) >= 11 is 0. The van der Waals surface area contributed by atoms with Crippen molar-refractivity contribution in [3.8, 4) is 5.75 Å². The standard InChI is InChI=1S/C14H20N2O2/c15-12-8-6-7-11(13(12)17)14(18)16-9-4-2-1-3-5-10-16/h6-8,17H,1-5,9-10,15H2. The molecule has 0 radical (unpaired) electrons. The van der Waals surface area contributed by atoms with E-state index in [1.54, 1.807) is 18.2 Å². The molecule has 0 unspecified atom stereocenters. The number of hydrogen-bond acceptors (Lipinski definition) is 3. The summed E-state index contributed by atoms with van der Waals surface area (Å²) in [6, 6.07) is 4.93. The lowest BCUT2D eigenvalue weighted by atomic mass is 10.1. The van der Waals surface area contributed by atoms with E-state index in [0.29, 0.717) is 5.56 Å². The van der Waals surface area contributed by atoms with Crippen LogP contribution in [0.2, 0.25) is 0 Å². The predicted molar refractivity (Wildman–Crippen MR) is 71.5 cm³/mol. The number of nitrogen functional groups attached to an aromatic ring is 1. The van der Waals surface area contributed by atoms with Crippen LogP contribution in [0, 0.1) is 0 Å². The molecule has 1 aliphatic heterocycles. The molecule has 1 heterocycles. The van der Waals surface area contributed by atoms with Gasteiger partial charge in [0, 0.05) is 13.1 Å². The maximum Gasteiger partial charge on any atom is 0.257 e. The van der Waals surface area contributed by atoms with E-state index in [2.05, 4.69) is 0 Å². The summed E-state index contributed by atoms with van der Waals surface area (Å²) in [5, 5.41) is 9.85. The molecule has 2 rings (SSSR count). The highest BCUT2D eigenvalue weighted by Crippen LogP contribution is 2.26. The molecule has 0 spiro atoms. The Morgan fingerprint density at radius 3 is 2.39 bits per heavy atom. The maximum absolute atomic E-state index is 12.3. The van der Waals surface area contributed by atoms with Gasteiger partial charge in [0.05, 0.1) is 11.3 Å². The third-order valence-electron chi connectivity index (χ3n) is 3.44. The molecule has 1 aromatic rings. The van der Waals surface area contributed by atoms with E-state index in [1.807, 2.05) is 4.90 Å². The Kier molecular flexibility index (Phi) is 4.07. The second kappa shape index (κ2) is 5.76. The number of phenols is 1. The molecular formula is C14H20N2O2. The van der Waals surface area contributed by atoms with Crippen molar-refractivity contribution in [3.63, 3.8) is 0 Å². The maximum atomic E-state index is 12.3. The normalized spacial score (nSPS) is 17.0. The van der Waals surface area contributed by atoms with Gasteiger partial charge in [-0.25, -0.2) is 0 Å². The number of amides is 1. The topological polar surface area (TPSA) is 66.6 Å². The van der Waals surface area contributed by atoms with Crippen LogP contribution in [0.4, 0.5) is 5.69 Å². The van der Waals surface area contributed by atoms with Crippen molar-refractivity contribution >= 4 is 11.6 Å². The smallest absolute Gasteiger partial charge is 0.257 e. The lowest BCUT2D eigenvalue weighted by molar-refractivity contribution is 0.0739. The monoisotopic (exact) mass is 248 g/mol. The van der Waals surface area contributed by atoms with Crippen molar-refractivity contribution in [1.29, 1.82) is 0 Å². The Morgan fingerprint density at radius 2 is 1.72 bits per heavy atom. The van der Waals surface area contributed by atoms with E-state index in [1.165, 1.54) is 19.3 Å². The lowest BCUT2D eigenvalue weighted by Gasteiger charge is -2.25. The first-order chi connectivity index (χ1) is 8.70. The highest BCUT2D eigenvalue weighted by atomic mass is 16.3. The number of para-hydroxylation sites is 1. The minimum absolute atomic E-state index is 0.0930. The lowest BCUT2D eigenvalue weighted by Crippen LogP contribution is -2.33. The summed E-state index contributed by atoms with van der Waals surface area (Å²) in [6.45, 7) is 1.54. The van der Waals surface area contributed by atoms with Crippen LogP contribution in [0.25, 0.3) is 0 Å².